The first-order valence-corrected chi connectivity index (χ1v) is 9.10. The minimum Gasteiger partial charge on any atom is -0.392 e. The van der Waals surface area contributed by atoms with E-state index in [4.69, 9.17) is 0 Å². The number of imidazole rings is 1. The van der Waals surface area contributed by atoms with Crippen molar-refractivity contribution in [1.82, 2.24) is 14.9 Å². The van der Waals surface area contributed by atoms with Crippen LogP contribution in [0.5, 0.6) is 0 Å². The number of hydrogen-bond donors (Lipinski definition) is 2. The quantitative estimate of drug-likeness (QED) is 0.877. The molecule has 3 rings (SSSR count). The van der Waals surface area contributed by atoms with Crippen LogP contribution in [-0.4, -0.2) is 45.1 Å². The molecule has 1 fully saturated rings. The van der Waals surface area contributed by atoms with Gasteiger partial charge in [0.25, 0.3) is 0 Å². The number of amides is 1. The molecule has 1 saturated heterocycles. The molecule has 1 aromatic carbocycles. The first-order valence-electron chi connectivity index (χ1n) is 9.10. The Balaban J connectivity index is 1.66. The number of likely N-dealkylation sites (tertiary alicyclic amines) is 1. The van der Waals surface area contributed by atoms with Gasteiger partial charge in [-0.25, -0.2) is 4.98 Å². The lowest BCUT2D eigenvalue weighted by Gasteiger charge is -2.32. The molecule has 1 aliphatic heterocycles. The van der Waals surface area contributed by atoms with Crippen molar-refractivity contribution >= 4 is 5.91 Å². The van der Waals surface area contributed by atoms with Crippen LogP contribution in [-0.2, 0) is 4.79 Å². The Morgan fingerprint density at radius 1 is 1.36 bits per heavy atom. The summed E-state index contributed by atoms with van der Waals surface area (Å²) < 4.78 is 0. The molecule has 1 aliphatic rings. The summed E-state index contributed by atoms with van der Waals surface area (Å²) in [6, 6.07) is 10.1. The Morgan fingerprint density at radius 2 is 2.12 bits per heavy atom. The zero-order valence-electron chi connectivity index (χ0n) is 15.0. The van der Waals surface area contributed by atoms with Crippen molar-refractivity contribution in [2.45, 2.75) is 45.1 Å². The molecule has 0 radical (unpaired) electrons. The number of aromatic nitrogens is 2. The lowest BCUT2D eigenvalue weighted by molar-refractivity contribution is -0.135. The second-order valence-electron chi connectivity index (χ2n) is 7.24. The summed E-state index contributed by atoms with van der Waals surface area (Å²) in [5.41, 5.74) is 2.12. The van der Waals surface area contributed by atoms with Crippen LogP contribution in [0.2, 0.25) is 0 Å². The standard InChI is InChI=1S/C20H27N3O2/c1-14(2)18(24)11-19(25)23-10-6-9-16(13-23)20-21-12-17(22-20)15-7-4-3-5-8-15/h3-5,7-8,12,14,16,18,24H,6,9-11,13H2,1-2H3,(H,21,22). The number of benzene rings is 1. The number of H-pyrrole nitrogens is 1. The molecule has 0 aliphatic carbocycles. The van der Waals surface area contributed by atoms with Gasteiger partial charge in [0.05, 0.1) is 24.4 Å². The van der Waals surface area contributed by atoms with E-state index in [0.717, 1.165) is 36.5 Å². The Labute approximate surface area is 149 Å². The number of carbonyl (C=O) groups is 1. The molecule has 1 amide bonds. The van der Waals surface area contributed by atoms with Gasteiger partial charge in [-0.1, -0.05) is 44.2 Å². The lowest BCUT2D eigenvalue weighted by Crippen LogP contribution is -2.41. The second kappa shape index (κ2) is 7.83. The molecule has 2 unspecified atom stereocenters. The molecule has 1 aromatic heterocycles. The smallest absolute Gasteiger partial charge is 0.225 e. The Hall–Kier alpha value is -2.14. The number of aliphatic hydroxyl groups excluding tert-OH is 1. The number of carbonyl (C=O) groups excluding carboxylic acids is 1. The van der Waals surface area contributed by atoms with Crippen LogP contribution in [0.4, 0.5) is 0 Å². The zero-order valence-corrected chi connectivity index (χ0v) is 15.0. The van der Waals surface area contributed by atoms with E-state index >= 15 is 0 Å². The molecule has 0 saturated carbocycles. The fourth-order valence-electron chi connectivity index (χ4n) is 3.28. The van der Waals surface area contributed by atoms with Crippen molar-refractivity contribution in [1.29, 1.82) is 0 Å². The van der Waals surface area contributed by atoms with Gasteiger partial charge < -0.3 is 15.0 Å². The van der Waals surface area contributed by atoms with Crippen molar-refractivity contribution in [3.05, 3.63) is 42.4 Å². The summed E-state index contributed by atoms with van der Waals surface area (Å²) in [7, 11) is 0. The first-order chi connectivity index (χ1) is 12.0. The highest BCUT2D eigenvalue weighted by Crippen LogP contribution is 2.27. The van der Waals surface area contributed by atoms with Crippen LogP contribution in [0.3, 0.4) is 0 Å². The van der Waals surface area contributed by atoms with Gasteiger partial charge in [0.1, 0.15) is 5.82 Å². The number of nitrogens with one attached hydrogen (secondary N) is 1. The molecule has 5 heteroatoms. The van der Waals surface area contributed by atoms with E-state index in [1.165, 1.54) is 0 Å². The van der Waals surface area contributed by atoms with Crippen LogP contribution in [0.25, 0.3) is 11.3 Å². The highest BCUT2D eigenvalue weighted by Gasteiger charge is 2.28. The Bertz CT molecular complexity index is 696. The molecule has 0 bridgehead atoms. The summed E-state index contributed by atoms with van der Waals surface area (Å²) >= 11 is 0. The van der Waals surface area contributed by atoms with E-state index in [2.05, 4.69) is 22.1 Å². The summed E-state index contributed by atoms with van der Waals surface area (Å²) in [5.74, 6) is 1.32. The number of nitrogens with zero attached hydrogens (tertiary/aromatic N) is 2. The van der Waals surface area contributed by atoms with Gasteiger partial charge >= 0.3 is 0 Å². The van der Waals surface area contributed by atoms with Crippen molar-refractivity contribution in [3.8, 4) is 11.3 Å². The minimum absolute atomic E-state index is 0.0424. The zero-order chi connectivity index (χ0) is 17.8. The van der Waals surface area contributed by atoms with Crippen LogP contribution in [0.15, 0.2) is 36.5 Å². The van der Waals surface area contributed by atoms with Gasteiger partial charge in [0.2, 0.25) is 5.91 Å². The summed E-state index contributed by atoms with van der Waals surface area (Å²) in [6.07, 6.45) is 3.50. The largest absolute Gasteiger partial charge is 0.392 e. The van der Waals surface area contributed by atoms with E-state index in [9.17, 15) is 9.90 Å². The molecule has 0 spiro atoms. The number of aliphatic hydroxyl groups is 1. The molecule has 25 heavy (non-hydrogen) atoms. The topological polar surface area (TPSA) is 69.2 Å². The van der Waals surface area contributed by atoms with Crippen LogP contribution in [0.1, 0.15) is 44.9 Å². The maximum Gasteiger partial charge on any atom is 0.225 e. The number of hydrogen-bond acceptors (Lipinski definition) is 3. The molecule has 2 atom stereocenters. The predicted octanol–water partition coefficient (Wildman–Crippen LogP) is 3.19. The number of aromatic amines is 1. The van der Waals surface area contributed by atoms with Gasteiger partial charge in [0, 0.05) is 19.0 Å². The molecule has 134 valence electrons. The SMILES string of the molecule is CC(C)C(O)CC(=O)N1CCCC(c2ncc(-c3ccccc3)[nH]2)C1. The average Bonchev–Trinajstić information content (AvgIpc) is 3.12. The fourth-order valence-corrected chi connectivity index (χ4v) is 3.28. The molecular weight excluding hydrogens is 314 g/mol. The maximum absolute atomic E-state index is 12.5. The predicted molar refractivity (Wildman–Crippen MR) is 98.0 cm³/mol. The van der Waals surface area contributed by atoms with Crippen molar-refractivity contribution < 1.29 is 9.90 Å². The van der Waals surface area contributed by atoms with E-state index in [-0.39, 0.29) is 24.2 Å². The van der Waals surface area contributed by atoms with Crippen molar-refractivity contribution in [2.75, 3.05) is 13.1 Å². The fraction of sp³-hybridized carbons (Fsp3) is 0.500. The minimum atomic E-state index is -0.568. The Morgan fingerprint density at radius 3 is 2.84 bits per heavy atom. The normalized spacial score (nSPS) is 19.2. The maximum atomic E-state index is 12.5. The van der Waals surface area contributed by atoms with E-state index in [1.54, 1.807) is 0 Å². The monoisotopic (exact) mass is 341 g/mol. The highest BCUT2D eigenvalue weighted by molar-refractivity contribution is 5.77. The van der Waals surface area contributed by atoms with E-state index in [1.807, 2.05) is 43.1 Å². The number of rotatable bonds is 5. The van der Waals surface area contributed by atoms with Crippen LogP contribution in [0, 0.1) is 5.92 Å². The second-order valence-corrected chi connectivity index (χ2v) is 7.24. The lowest BCUT2D eigenvalue weighted by atomic mass is 9.96. The average molecular weight is 341 g/mol. The molecule has 2 aromatic rings. The summed E-state index contributed by atoms with van der Waals surface area (Å²) in [4.78, 5) is 22.3. The van der Waals surface area contributed by atoms with E-state index in [0.29, 0.717) is 6.54 Å². The first kappa shape index (κ1) is 17.7. The van der Waals surface area contributed by atoms with Gasteiger partial charge in [-0.05, 0) is 24.3 Å². The van der Waals surface area contributed by atoms with Gasteiger partial charge in [-0.15, -0.1) is 0 Å². The van der Waals surface area contributed by atoms with Crippen LogP contribution >= 0.6 is 0 Å². The highest BCUT2D eigenvalue weighted by atomic mass is 16.3. The Kier molecular flexibility index (Phi) is 5.53. The van der Waals surface area contributed by atoms with Gasteiger partial charge in [0.15, 0.2) is 0 Å². The van der Waals surface area contributed by atoms with Crippen LogP contribution < -0.4 is 0 Å². The number of piperidine rings is 1. The van der Waals surface area contributed by atoms with Gasteiger partial charge in [-0.3, -0.25) is 4.79 Å². The molecule has 5 nitrogen and oxygen atoms in total. The molecular formula is C20H27N3O2. The van der Waals surface area contributed by atoms with Gasteiger partial charge in [-0.2, -0.15) is 0 Å². The molecule has 2 N–H and O–H groups in total. The van der Waals surface area contributed by atoms with Crippen molar-refractivity contribution in [3.63, 3.8) is 0 Å². The van der Waals surface area contributed by atoms with Crippen molar-refractivity contribution in [2.24, 2.45) is 5.92 Å². The summed E-state index contributed by atoms with van der Waals surface area (Å²) in [5, 5.41) is 9.97. The van der Waals surface area contributed by atoms with E-state index < -0.39 is 6.10 Å². The molecule has 2 heterocycles. The third-order valence-corrected chi connectivity index (χ3v) is 4.99. The third kappa shape index (κ3) is 4.28. The third-order valence-electron chi connectivity index (χ3n) is 4.99. The summed E-state index contributed by atoms with van der Waals surface area (Å²) in [6.45, 7) is 5.31.